The van der Waals surface area contributed by atoms with Crippen LogP contribution in [0.25, 0.3) is 0 Å². The van der Waals surface area contributed by atoms with E-state index in [1.165, 1.54) is 4.90 Å². The third kappa shape index (κ3) is 2.79. The van der Waals surface area contributed by atoms with Gasteiger partial charge in [0.05, 0.1) is 5.69 Å². The normalized spacial score (nSPS) is 17.8. The van der Waals surface area contributed by atoms with Crippen LogP contribution >= 0.6 is 11.8 Å². The molecule has 2 aromatic carbocycles. The van der Waals surface area contributed by atoms with Crippen LogP contribution < -0.4 is 4.90 Å². The zero-order chi connectivity index (χ0) is 15.5. The fourth-order valence-corrected chi connectivity index (χ4v) is 3.87. The molecule has 1 atom stereocenters. The first-order chi connectivity index (χ1) is 10.7. The van der Waals surface area contributed by atoms with Gasteiger partial charge in [-0.05, 0) is 17.7 Å². The van der Waals surface area contributed by atoms with E-state index in [2.05, 4.69) is 0 Å². The van der Waals surface area contributed by atoms with Crippen molar-refractivity contribution >= 4 is 29.3 Å². The Labute approximate surface area is 134 Å². The van der Waals surface area contributed by atoms with Crippen LogP contribution in [-0.2, 0) is 9.59 Å². The molecule has 0 unspecified atom stereocenters. The van der Waals surface area contributed by atoms with E-state index in [1.807, 2.05) is 54.6 Å². The zero-order valence-corrected chi connectivity index (χ0v) is 13.2. The molecule has 2 aromatic rings. The molecule has 0 aliphatic carbocycles. The summed E-state index contributed by atoms with van der Waals surface area (Å²) in [5, 5.41) is 0.0320. The van der Waals surface area contributed by atoms with Crippen molar-refractivity contribution in [2.45, 2.75) is 29.9 Å². The van der Waals surface area contributed by atoms with Crippen LogP contribution in [0.1, 0.15) is 30.6 Å². The van der Waals surface area contributed by atoms with Crippen LogP contribution in [0.15, 0.2) is 59.5 Å². The second kappa shape index (κ2) is 6.36. The van der Waals surface area contributed by atoms with E-state index in [0.717, 1.165) is 10.5 Å². The van der Waals surface area contributed by atoms with Gasteiger partial charge < -0.3 is 0 Å². The predicted octanol–water partition coefficient (Wildman–Crippen LogP) is 4.19. The lowest BCUT2D eigenvalue weighted by atomic mass is 10.1. The minimum atomic E-state index is -0.147. The first-order valence-corrected chi connectivity index (χ1v) is 8.25. The summed E-state index contributed by atoms with van der Waals surface area (Å²) >= 11 is 1.65. The summed E-state index contributed by atoms with van der Waals surface area (Å²) < 4.78 is 0. The zero-order valence-electron chi connectivity index (χ0n) is 12.4. The van der Waals surface area contributed by atoms with E-state index < -0.39 is 0 Å². The van der Waals surface area contributed by atoms with Crippen molar-refractivity contribution in [3.05, 3.63) is 60.2 Å². The number of fused-ring (bicyclic) bond motifs is 1. The highest BCUT2D eigenvalue weighted by molar-refractivity contribution is 7.99. The molecule has 22 heavy (non-hydrogen) atoms. The molecular formula is C18H17NO2S. The molecular weight excluding hydrogens is 294 g/mol. The van der Waals surface area contributed by atoms with Crippen molar-refractivity contribution in [2.24, 2.45) is 0 Å². The number of imide groups is 1. The fraction of sp³-hybridized carbons (Fsp3) is 0.222. The average Bonchev–Trinajstić information content (AvgIpc) is 2.71. The molecule has 0 saturated carbocycles. The van der Waals surface area contributed by atoms with E-state index in [1.54, 1.807) is 18.7 Å². The van der Waals surface area contributed by atoms with Crippen LogP contribution in [0.2, 0.25) is 0 Å². The number of hydrogen-bond donors (Lipinski definition) is 0. The maximum absolute atomic E-state index is 12.7. The van der Waals surface area contributed by atoms with Gasteiger partial charge in [0.1, 0.15) is 0 Å². The fourth-order valence-electron chi connectivity index (χ4n) is 2.61. The van der Waals surface area contributed by atoms with E-state index >= 15 is 0 Å². The maximum atomic E-state index is 12.7. The Morgan fingerprint density at radius 2 is 1.82 bits per heavy atom. The molecule has 2 amide bonds. The lowest BCUT2D eigenvalue weighted by molar-refractivity contribution is -0.126. The first kappa shape index (κ1) is 14.9. The van der Waals surface area contributed by atoms with Crippen molar-refractivity contribution in [3.63, 3.8) is 0 Å². The van der Waals surface area contributed by atoms with Gasteiger partial charge in [-0.25, -0.2) is 4.90 Å². The number of amides is 2. The molecule has 1 heterocycles. The summed E-state index contributed by atoms with van der Waals surface area (Å²) in [7, 11) is 0. The summed E-state index contributed by atoms with van der Waals surface area (Å²) in [6, 6.07) is 17.6. The summed E-state index contributed by atoms with van der Waals surface area (Å²) in [6.45, 7) is 1.78. The van der Waals surface area contributed by atoms with Crippen molar-refractivity contribution in [2.75, 3.05) is 4.90 Å². The van der Waals surface area contributed by atoms with Gasteiger partial charge >= 0.3 is 0 Å². The molecule has 3 rings (SSSR count). The van der Waals surface area contributed by atoms with Crippen LogP contribution in [0.4, 0.5) is 5.69 Å². The number of hydrogen-bond acceptors (Lipinski definition) is 3. The van der Waals surface area contributed by atoms with Gasteiger partial charge in [0.2, 0.25) is 11.8 Å². The molecule has 0 radical (unpaired) electrons. The number of anilines is 1. The summed E-state index contributed by atoms with van der Waals surface area (Å²) in [5.74, 6) is -0.273. The Morgan fingerprint density at radius 1 is 1.14 bits per heavy atom. The van der Waals surface area contributed by atoms with Gasteiger partial charge in [0.15, 0.2) is 0 Å². The molecule has 0 N–H and O–H groups in total. The minimum absolute atomic E-state index is 0.0320. The number of nitrogens with zero attached hydrogens (tertiary/aromatic N) is 1. The highest BCUT2D eigenvalue weighted by Gasteiger charge is 2.31. The van der Waals surface area contributed by atoms with Gasteiger partial charge in [-0.3, -0.25) is 9.59 Å². The van der Waals surface area contributed by atoms with Crippen molar-refractivity contribution in [1.82, 2.24) is 0 Å². The van der Waals surface area contributed by atoms with E-state index in [9.17, 15) is 9.59 Å². The third-order valence-electron chi connectivity index (χ3n) is 3.71. The Hall–Kier alpha value is -2.07. The second-order valence-electron chi connectivity index (χ2n) is 5.17. The quantitative estimate of drug-likeness (QED) is 0.834. The molecule has 0 bridgehead atoms. The Kier molecular flexibility index (Phi) is 4.29. The van der Waals surface area contributed by atoms with Crippen LogP contribution in [0.3, 0.4) is 0 Å². The summed E-state index contributed by atoms with van der Waals surface area (Å²) in [4.78, 5) is 27.2. The minimum Gasteiger partial charge on any atom is -0.274 e. The monoisotopic (exact) mass is 311 g/mol. The molecule has 0 aromatic heterocycles. The van der Waals surface area contributed by atoms with Crippen molar-refractivity contribution < 1.29 is 9.59 Å². The predicted molar refractivity (Wildman–Crippen MR) is 88.9 cm³/mol. The highest BCUT2D eigenvalue weighted by atomic mass is 32.2. The highest BCUT2D eigenvalue weighted by Crippen LogP contribution is 2.45. The molecule has 1 aliphatic heterocycles. The lowest BCUT2D eigenvalue weighted by Crippen LogP contribution is -2.36. The molecule has 0 saturated heterocycles. The first-order valence-electron chi connectivity index (χ1n) is 7.37. The van der Waals surface area contributed by atoms with Crippen LogP contribution in [0, 0.1) is 0 Å². The third-order valence-corrected chi connectivity index (χ3v) is 5.03. The smallest absolute Gasteiger partial charge is 0.235 e. The number of benzene rings is 2. The largest absolute Gasteiger partial charge is 0.274 e. The van der Waals surface area contributed by atoms with Crippen molar-refractivity contribution in [3.8, 4) is 0 Å². The second-order valence-corrected chi connectivity index (χ2v) is 6.41. The Bertz CT molecular complexity index is 699. The van der Waals surface area contributed by atoms with Crippen LogP contribution in [-0.4, -0.2) is 11.8 Å². The maximum Gasteiger partial charge on any atom is 0.235 e. The van der Waals surface area contributed by atoms with Gasteiger partial charge in [0.25, 0.3) is 0 Å². The molecule has 112 valence electrons. The summed E-state index contributed by atoms with van der Waals surface area (Å²) in [6.07, 6.45) is 0.649. The van der Waals surface area contributed by atoms with Gasteiger partial charge in [0, 0.05) is 23.0 Å². The Morgan fingerprint density at radius 3 is 2.55 bits per heavy atom. The molecule has 0 fully saturated rings. The summed E-state index contributed by atoms with van der Waals surface area (Å²) in [5.41, 5.74) is 1.82. The van der Waals surface area contributed by atoms with Crippen molar-refractivity contribution in [1.29, 1.82) is 0 Å². The van der Waals surface area contributed by atoms with Crippen LogP contribution in [0.5, 0.6) is 0 Å². The lowest BCUT2D eigenvalue weighted by Gasteiger charge is -2.19. The SMILES string of the molecule is CCC(=O)N1C(=O)C[C@H](c2ccccc2)Sc2ccccc21. The average molecular weight is 311 g/mol. The number of carbonyl (C=O) groups is 2. The number of carbonyl (C=O) groups excluding carboxylic acids is 2. The molecule has 1 aliphatic rings. The van der Waals surface area contributed by atoms with Gasteiger partial charge in [-0.1, -0.05) is 49.4 Å². The number of para-hydroxylation sites is 1. The van der Waals surface area contributed by atoms with Gasteiger partial charge in [-0.2, -0.15) is 0 Å². The number of rotatable bonds is 2. The Balaban J connectivity index is 2.04. The van der Waals surface area contributed by atoms with E-state index in [-0.39, 0.29) is 17.1 Å². The number of thioether (sulfide) groups is 1. The molecule has 4 heteroatoms. The standard InChI is InChI=1S/C18H17NO2S/c1-2-17(20)19-14-10-6-7-11-15(14)22-16(12-18(19)21)13-8-4-3-5-9-13/h3-11,16H,2,12H2,1H3/t16-/m1/s1. The van der Waals surface area contributed by atoms with Gasteiger partial charge in [-0.15, -0.1) is 11.8 Å². The topological polar surface area (TPSA) is 37.4 Å². The van der Waals surface area contributed by atoms with E-state index in [4.69, 9.17) is 0 Å². The molecule has 0 spiro atoms. The molecule has 3 nitrogen and oxygen atoms in total. The van der Waals surface area contributed by atoms with E-state index in [0.29, 0.717) is 18.5 Å².